The van der Waals surface area contributed by atoms with Gasteiger partial charge in [-0.2, -0.15) is 0 Å². The Kier molecular flexibility index (Phi) is 5.57. The first kappa shape index (κ1) is 16.3. The second-order valence-corrected chi connectivity index (χ2v) is 6.90. The highest BCUT2D eigenvalue weighted by atomic mass is 35.5. The number of benzene rings is 1. The van der Waals surface area contributed by atoms with Crippen molar-refractivity contribution in [3.05, 3.63) is 59.3 Å². The van der Waals surface area contributed by atoms with E-state index in [4.69, 9.17) is 16.6 Å². The van der Waals surface area contributed by atoms with Crippen molar-refractivity contribution in [2.75, 3.05) is 23.7 Å². The number of hydrogen-bond donors (Lipinski definition) is 0. The minimum atomic E-state index is 0.567. The summed E-state index contributed by atoms with van der Waals surface area (Å²) in [5.41, 5.74) is 2.26. The number of hydrogen-bond acceptors (Lipinski definition) is 4. The average molecular weight is 346 g/mol. The van der Waals surface area contributed by atoms with Crippen LogP contribution in [0.3, 0.4) is 0 Å². The molecule has 5 heteroatoms. The van der Waals surface area contributed by atoms with Gasteiger partial charge in [0, 0.05) is 30.8 Å². The molecule has 3 rings (SSSR count). The Hall–Kier alpha value is -1.52. The van der Waals surface area contributed by atoms with Gasteiger partial charge in [0.2, 0.25) is 0 Å². The molecule has 0 N–H and O–H groups in total. The molecule has 23 heavy (non-hydrogen) atoms. The third-order valence-corrected chi connectivity index (χ3v) is 5.03. The number of nitrogens with zero attached hydrogens (tertiary/aromatic N) is 3. The van der Waals surface area contributed by atoms with Gasteiger partial charge in [-0.25, -0.2) is 9.97 Å². The van der Waals surface area contributed by atoms with Crippen LogP contribution in [-0.2, 0) is 6.42 Å². The summed E-state index contributed by atoms with van der Waals surface area (Å²) in [7, 11) is 0. The van der Waals surface area contributed by atoms with Crippen LogP contribution < -0.4 is 4.90 Å². The molecular formula is C18H20ClN3S. The quantitative estimate of drug-likeness (QED) is 0.331. The van der Waals surface area contributed by atoms with Crippen molar-refractivity contribution in [2.45, 2.75) is 24.4 Å². The smallest absolute Gasteiger partial charge is 0.191 e. The van der Waals surface area contributed by atoms with Gasteiger partial charge in [0.25, 0.3) is 0 Å². The summed E-state index contributed by atoms with van der Waals surface area (Å²) in [5.74, 6) is 1.78. The van der Waals surface area contributed by atoms with Crippen molar-refractivity contribution in [1.82, 2.24) is 9.97 Å². The second-order valence-electron chi connectivity index (χ2n) is 5.56. The molecule has 1 aromatic carbocycles. The van der Waals surface area contributed by atoms with Crippen LogP contribution in [0.25, 0.3) is 0 Å². The highest BCUT2D eigenvalue weighted by Gasteiger charge is 2.21. The lowest BCUT2D eigenvalue weighted by atomic mass is 10.1. The van der Waals surface area contributed by atoms with E-state index in [0.29, 0.717) is 5.15 Å². The Balaban J connectivity index is 1.96. The van der Waals surface area contributed by atoms with Crippen LogP contribution in [0, 0.1) is 0 Å². The fourth-order valence-corrected chi connectivity index (χ4v) is 3.62. The average Bonchev–Trinajstić information content (AvgIpc) is 3.10. The molecule has 2 heterocycles. The molecule has 1 aliphatic rings. The highest BCUT2D eigenvalue weighted by molar-refractivity contribution is 7.99. The summed E-state index contributed by atoms with van der Waals surface area (Å²) >= 11 is 8.10. The largest absolute Gasteiger partial charge is 0.356 e. The summed E-state index contributed by atoms with van der Waals surface area (Å²) < 4.78 is 0. The number of anilines is 1. The van der Waals surface area contributed by atoms with E-state index >= 15 is 0 Å². The van der Waals surface area contributed by atoms with Crippen molar-refractivity contribution in [3.8, 4) is 0 Å². The van der Waals surface area contributed by atoms with Gasteiger partial charge in [-0.1, -0.05) is 59.8 Å². The van der Waals surface area contributed by atoms with E-state index in [2.05, 4.69) is 28.6 Å². The zero-order valence-electron chi connectivity index (χ0n) is 13.0. The van der Waals surface area contributed by atoms with E-state index in [-0.39, 0.29) is 0 Å². The third kappa shape index (κ3) is 4.06. The fraction of sp³-hybridized carbons (Fsp3) is 0.333. The molecule has 2 aromatic rings. The number of halogens is 1. The molecule has 0 amide bonds. The van der Waals surface area contributed by atoms with E-state index < -0.39 is 0 Å². The predicted octanol–water partition coefficient (Wildman–Crippen LogP) is 4.60. The fourth-order valence-electron chi connectivity index (χ4n) is 2.77. The minimum Gasteiger partial charge on any atom is -0.356 e. The number of aromatic nitrogens is 2. The SMILES string of the molecule is C=CCSc1nc(Cl)c(Cc2ccccc2)c(N2CCCC2)n1. The van der Waals surface area contributed by atoms with Crippen LogP contribution in [0.15, 0.2) is 48.1 Å². The molecule has 0 spiro atoms. The van der Waals surface area contributed by atoms with Gasteiger partial charge in [-0.05, 0) is 18.4 Å². The molecule has 0 aliphatic carbocycles. The predicted molar refractivity (Wildman–Crippen MR) is 98.7 cm³/mol. The van der Waals surface area contributed by atoms with E-state index in [1.807, 2.05) is 24.3 Å². The van der Waals surface area contributed by atoms with Crippen LogP contribution in [0.1, 0.15) is 24.0 Å². The molecule has 1 aromatic heterocycles. The zero-order valence-corrected chi connectivity index (χ0v) is 14.6. The maximum Gasteiger partial charge on any atom is 0.191 e. The molecule has 120 valence electrons. The molecule has 0 saturated carbocycles. The molecule has 1 saturated heterocycles. The van der Waals surface area contributed by atoms with Crippen molar-refractivity contribution in [1.29, 1.82) is 0 Å². The van der Waals surface area contributed by atoms with Crippen LogP contribution in [0.5, 0.6) is 0 Å². The summed E-state index contributed by atoms with van der Waals surface area (Å²) in [6.07, 6.45) is 5.04. The van der Waals surface area contributed by atoms with Crippen molar-refractivity contribution < 1.29 is 0 Å². The Morgan fingerprint density at radius 2 is 1.91 bits per heavy atom. The van der Waals surface area contributed by atoms with Gasteiger partial charge in [-0.15, -0.1) is 6.58 Å². The van der Waals surface area contributed by atoms with Gasteiger partial charge in [-0.3, -0.25) is 0 Å². The zero-order chi connectivity index (χ0) is 16.1. The second kappa shape index (κ2) is 7.84. The van der Waals surface area contributed by atoms with Crippen LogP contribution in [0.2, 0.25) is 5.15 Å². The first-order valence-electron chi connectivity index (χ1n) is 7.87. The molecule has 1 fully saturated rings. The minimum absolute atomic E-state index is 0.567. The lowest BCUT2D eigenvalue weighted by Gasteiger charge is -2.21. The Morgan fingerprint density at radius 3 is 2.61 bits per heavy atom. The van der Waals surface area contributed by atoms with Crippen molar-refractivity contribution >= 4 is 29.2 Å². The van der Waals surface area contributed by atoms with E-state index in [0.717, 1.165) is 41.8 Å². The van der Waals surface area contributed by atoms with Gasteiger partial charge in [0.05, 0.1) is 0 Å². The number of rotatable bonds is 6. The topological polar surface area (TPSA) is 29.0 Å². The monoisotopic (exact) mass is 345 g/mol. The maximum atomic E-state index is 6.52. The molecule has 3 nitrogen and oxygen atoms in total. The third-order valence-electron chi connectivity index (χ3n) is 3.87. The normalized spacial score (nSPS) is 14.2. The number of thioether (sulfide) groups is 1. The summed E-state index contributed by atoms with van der Waals surface area (Å²) in [6.45, 7) is 5.84. The first-order chi connectivity index (χ1) is 11.3. The highest BCUT2D eigenvalue weighted by Crippen LogP contribution is 2.31. The van der Waals surface area contributed by atoms with Crippen molar-refractivity contribution in [2.24, 2.45) is 0 Å². The molecule has 0 bridgehead atoms. The Morgan fingerprint density at radius 1 is 1.17 bits per heavy atom. The Labute approximate surface area is 146 Å². The van der Waals surface area contributed by atoms with Crippen LogP contribution in [-0.4, -0.2) is 28.8 Å². The van der Waals surface area contributed by atoms with Crippen LogP contribution in [0.4, 0.5) is 5.82 Å². The molecular weight excluding hydrogens is 326 g/mol. The van der Waals surface area contributed by atoms with Crippen molar-refractivity contribution in [3.63, 3.8) is 0 Å². The Bertz CT molecular complexity index is 669. The van der Waals surface area contributed by atoms with Gasteiger partial charge in [0.15, 0.2) is 5.16 Å². The lowest BCUT2D eigenvalue weighted by molar-refractivity contribution is 0.856. The summed E-state index contributed by atoms with van der Waals surface area (Å²) in [6, 6.07) is 10.4. The molecule has 0 unspecified atom stereocenters. The summed E-state index contributed by atoms with van der Waals surface area (Å²) in [5, 5.41) is 1.30. The standard InChI is InChI=1S/C18H20ClN3S/c1-2-12-23-18-20-16(19)15(13-14-8-4-3-5-9-14)17(21-18)22-10-6-7-11-22/h2-5,8-9H,1,6-7,10-13H2. The van der Waals surface area contributed by atoms with E-state index in [1.54, 1.807) is 11.8 Å². The lowest BCUT2D eigenvalue weighted by Crippen LogP contribution is -2.22. The van der Waals surface area contributed by atoms with E-state index in [9.17, 15) is 0 Å². The maximum absolute atomic E-state index is 6.52. The van der Waals surface area contributed by atoms with Crippen LogP contribution >= 0.6 is 23.4 Å². The molecule has 0 atom stereocenters. The molecule has 0 radical (unpaired) electrons. The first-order valence-corrected chi connectivity index (χ1v) is 9.23. The van der Waals surface area contributed by atoms with E-state index in [1.165, 1.54) is 18.4 Å². The van der Waals surface area contributed by atoms with Gasteiger partial charge in [0.1, 0.15) is 11.0 Å². The summed E-state index contributed by atoms with van der Waals surface area (Å²) in [4.78, 5) is 11.6. The van der Waals surface area contributed by atoms with Gasteiger partial charge >= 0.3 is 0 Å². The molecule has 1 aliphatic heterocycles. The van der Waals surface area contributed by atoms with Gasteiger partial charge < -0.3 is 4.90 Å².